The maximum absolute atomic E-state index is 5.56. The Hall–Kier alpha value is -4.57. The molecule has 0 heterocycles. The second-order valence-corrected chi connectivity index (χ2v) is 10.0. The molecule has 4 nitrogen and oxygen atoms in total. The van der Waals surface area contributed by atoms with Crippen LogP contribution in [0.3, 0.4) is 0 Å². The third kappa shape index (κ3) is 4.22. The van der Waals surface area contributed by atoms with Crippen molar-refractivity contribution in [2.24, 2.45) is 4.99 Å². The number of ether oxygens (including phenoxy) is 2. The number of hydrogen-bond acceptors (Lipinski definition) is 4. The van der Waals surface area contributed by atoms with Crippen LogP contribution in [0.5, 0.6) is 11.5 Å². The minimum Gasteiger partial charge on any atom is -0.497 e. The number of nitrogens with zero attached hydrogens (tertiary/aromatic N) is 2. The summed E-state index contributed by atoms with van der Waals surface area (Å²) in [6.45, 7) is 2.83. The van der Waals surface area contributed by atoms with Crippen LogP contribution >= 0.6 is 0 Å². The van der Waals surface area contributed by atoms with E-state index >= 15 is 0 Å². The molecule has 0 saturated heterocycles. The molecule has 0 amide bonds. The Morgan fingerprint density at radius 2 is 1.44 bits per heavy atom. The Morgan fingerprint density at radius 1 is 0.769 bits per heavy atom. The summed E-state index contributed by atoms with van der Waals surface area (Å²) in [7, 11) is 7.58. The topological polar surface area (TPSA) is 34.1 Å². The molecular formula is C35H32N2O2. The Kier molecular flexibility index (Phi) is 6.32. The normalized spacial score (nSPS) is 16.9. The van der Waals surface area contributed by atoms with Crippen LogP contribution in [0.25, 0.3) is 27.8 Å². The Bertz CT molecular complexity index is 1680. The summed E-state index contributed by atoms with van der Waals surface area (Å²) in [5.41, 5.74) is 14.3. The highest BCUT2D eigenvalue weighted by Gasteiger charge is 2.27. The van der Waals surface area contributed by atoms with Gasteiger partial charge in [0.25, 0.3) is 0 Å². The number of fused-ring (bicyclic) bond motifs is 6. The van der Waals surface area contributed by atoms with Gasteiger partial charge < -0.3 is 14.4 Å². The van der Waals surface area contributed by atoms with Crippen molar-refractivity contribution in [2.45, 2.75) is 6.92 Å². The van der Waals surface area contributed by atoms with E-state index in [0.29, 0.717) is 0 Å². The third-order valence-corrected chi connectivity index (χ3v) is 7.58. The van der Waals surface area contributed by atoms with E-state index in [1.807, 2.05) is 12.1 Å². The largest absolute Gasteiger partial charge is 0.497 e. The Labute approximate surface area is 230 Å². The molecule has 0 unspecified atom stereocenters. The fraction of sp³-hybridized carbons (Fsp3) is 0.171. The fourth-order valence-corrected chi connectivity index (χ4v) is 5.64. The van der Waals surface area contributed by atoms with Gasteiger partial charge in [-0.2, -0.15) is 0 Å². The molecule has 0 bridgehead atoms. The molecule has 0 aliphatic heterocycles. The number of aliphatic imine (C=N–C) groups is 1. The van der Waals surface area contributed by atoms with Gasteiger partial charge in [0.05, 0.1) is 19.9 Å². The Balaban J connectivity index is 1.45. The molecule has 0 saturated carbocycles. The predicted molar refractivity (Wildman–Crippen MR) is 164 cm³/mol. The second-order valence-electron chi connectivity index (χ2n) is 10.0. The zero-order chi connectivity index (χ0) is 27.1. The number of anilines is 1. The van der Waals surface area contributed by atoms with Gasteiger partial charge in [0.1, 0.15) is 11.5 Å². The van der Waals surface area contributed by atoms with Gasteiger partial charge >= 0.3 is 0 Å². The van der Waals surface area contributed by atoms with Crippen LogP contribution in [0.4, 0.5) is 5.69 Å². The third-order valence-electron chi connectivity index (χ3n) is 7.58. The van der Waals surface area contributed by atoms with Gasteiger partial charge in [-0.05, 0) is 111 Å². The molecule has 4 heteroatoms. The van der Waals surface area contributed by atoms with E-state index in [9.17, 15) is 0 Å². The molecule has 3 aromatic rings. The summed E-state index contributed by atoms with van der Waals surface area (Å²) < 4.78 is 11.1. The van der Waals surface area contributed by atoms with Gasteiger partial charge in [0.15, 0.2) is 0 Å². The quantitative estimate of drug-likeness (QED) is 0.266. The van der Waals surface area contributed by atoms with Crippen molar-refractivity contribution in [2.75, 3.05) is 39.8 Å². The molecule has 0 radical (unpaired) electrons. The van der Waals surface area contributed by atoms with Crippen molar-refractivity contribution in [3.8, 4) is 22.6 Å². The van der Waals surface area contributed by atoms with Crippen molar-refractivity contribution in [3.63, 3.8) is 0 Å². The monoisotopic (exact) mass is 512 g/mol. The van der Waals surface area contributed by atoms with Crippen molar-refractivity contribution >= 4 is 28.1 Å². The number of methoxy groups -OCH3 is 2. The van der Waals surface area contributed by atoms with E-state index in [-0.39, 0.29) is 0 Å². The van der Waals surface area contributed by atoms with Gasteiger partial charge in [-0.25, -0.2) is 0 Å². The van der Waals surface area contributed by atoms with Crippen LogP contribution in [0, 0.1) is 0 Å². The molecule has 0 spiro atoms. The van der Waals surface area contributed by atoms with Crippen LogP contribution in [0.1, 0.15) is 29.2 Å². The van der Waals surface area contributed by atoms with Crippen LogP contribution in [-0.2, 0) is 0 Å². The molecular weight excluding hydrogens is 480 g/mol. The van der Waals surface area contributed by atoms with Gasteiger partial charge in [0, 0.05) is 26.3 Å². The van der Waals surface area contributed by atoms with Crippen molar-refractivity contribution < 1.29 is 9.47 Å². The second kappa shape index (κ2) is 9.95. The summed E-state index contributed by atoms with van der Waals surface area (Å²) in [6.07, 6.45) is 13.1. The molecule has 3 aliphatic rings. The molecule has 3 aliphatic carbocycles. The minimum absolute atomic E-state index is 0.763. The molecule has 0 N–H and O–H groups in total. The smallest absolute Gasteiger partial charge is 0.119 e. The number of allylic oxidation sites excluding steroid dienone is 9. The molecule has 0 atom stereocenters. The van der Waals surface area contributed by atoms with Crippen LogP contribution in [0.15, 0.2) is 102 Å². The van der Waals surface area contributed by atoms with E-state index in [2.05, 4.69) is 110 Å². The minimum atomic E-state index is 0.763. The SMILES string of the molecule is CCN=C1C=CC2=C(C=CC=C3c4ccc(OC)cc4-c4cc(N(C)C)ccc43)c3ccc(OC)cc3C2=C1. The van der Waals surface area contributed by atoms with E-state index in [1.165, 1.54) is 61.4 Å². The summed E-state index contributed by atoms with van der Waals surface area (Å²) in [6, 6.07) is 19.4. The maximum atomic E-state index is 5.56. The molecule has 0 aromatic heterocycles. The zero-order valence-corrected chi connectivity index (χ0v) is 23.1. The van der Waals surface area contributed by atoms with Crippen LogP contribution in [0.2, 0.25) is 0 Å². The van der Waals surface area contributed by atoms with Gasteiger partial charge in [0.2, 0.25) is 0 Å². The molecule has 3 aromatic carbocycles. The van der Waals surface area contributed by atoms with Gasteiger partial charge in [-0.15, -0.1) is 0 Å². The number of hydrogen-bond donors (Lipinski definition) is 0. The van der Waals surface area contributed by atoms with E-state index in [1.54, 1.807) is 14.2 Å². The van der Waals surface area contributed by atoms with Crippen molar-refractivity contribution in [1.29, 1.82) is 0 Å². The first kappa shape index (κ1) is 24.7. The highest BCUT2D eigenvalue weighted by atomic mass is 16.5. The highest BCUT2D eigenvalue weighted by Crippen LogP contribution is 2.48. The highest BCUT2D eigenvalue weighted by molar-refractivity contribution is 6.18. The Morgan fingerprint density at radius 3 is 2.13 bits per heavy atom. The summed E-state index contributed by atoms with van der Waals surface area (Å²) >= 11 is 0. The predicted octanol–water partition coefficient (Wildman–Crippen LogP) is 7.62. The average molecular weight is 513 g/mol. The lowest BCUT2D eigenvalue weighted by molar-refractivity contribution is 0.414. The van der Waals surface area contributed by atoms with Crippen molar-refractivity contribution in [1.82, 2.24) is 0 Å². The van der Waals surface area contributed by atoms with Gasteiger partial charge in [-0.1, -0.05) is 42.5 Å². The lowest BCUT2D eigenvalue weighted by Crippen LogP contribution is -2.08. The first-order chi connectivity index (χ1) is 19.0. The van der Waals surface area contributed by atoms with Crippen LogP contribution in [-0.4, -0.2) is 40.6 Å². The maximum Gasteiger partial charge on any atom is 0.119 e. The summed E-state index contributed by atoms with van der Waals surface area (Å²) in [4.78, 5) is 6.77. The molecule has 0 fully saturated rings. The first-order valence-electron chi connectivity index (χ1n) is 13.3. The number of rotatable bonds is 6. The molecule has 39 heavy (non-hydrogen) atoms. The molecule has 194 valence electrons. The summed E-state index contributed by atoms with van der Waals surface area (Å²) in [5.74, 6) is 1.72. The average Bonchev–Trinajstić information content (AvgIpc) is 3.44. The number of benzene rings is 3. The fourth-order valence-electron chi connectivity index (χ4n) is 5.64. The first-order valence-corrected chi connectivity index (χ1v) is 13.3. The van der Waals surface area contributed by atoms with E-state index in [0.717, 1.165) is 23.8 Å². The van der Waals surface area contributed by atoms with E-state index in [4.69, 9.17) is 9.47 Å². The molecule has 6 rings (SSSR count). The van der Waals surface area contributed by atoms with Crippen LogP contribution < -0.4 is 14.4 Å². The lowest BCUT2D eigenvalue weighted by Gasteiger charge is -2.14. The zero-order valence-electron chi connectivity index (χ0n) is 23.1. The summed E-state index contributed by atoms with van der Waals surface area (Å²) in [5, 5.41) is 0. The van der Waals surface area contributed by atoms with Gasteiger partial charge in [-0.3, -0.25) is 4.99 Å². The standard InChI is InChI=1S/C35H32N2O2/c1-6-36-22-10-14-28-26(30-16-12-24(38-4)20-34(30)32(28)18-22)8-7-9-27-29-15-11-23(37(2)3)19-33(29)35-21-25(39-5)13-17-31(27)35/h7-21H,6H2,1-5H3. The lowest BCUT2D eigenvalue weighted by atomic mass is 9.96. The van der Waals surface area contributed by atoms with E-state index < -0.39 is 0 Å². The van der Waals surface area contributed by atoms with Crippen molar-refractivity contribution in [3.05, 3.63) is 119 Å².